The van der Waals surface area contributed by atoms with Crippen molar-refractivity contribution >= 4 is 91.0 Å². The predicted molar refractivity (Wildman–Crippen MR) is 335 cm³/mol. The number of phenolic OH excluding ortho intramolecular Hbond substituents is 10. The van der Waals surface area contributed by atoms with Gasteiger partial charge in [0.2, 0.25) is 11.5 Å². The minimum atomic E-state index is -2.19. The van der Waals surface area contributed by atoms with E-state index in [-0.39, 0.29) is 11.1 Å². The molecule has 11 aromatic rings. The molecule has 0 aliphatic rings. The van der Waals surface area contributed by atoms with Crippen LogP contribution in [0.5, 0.6) is 57.5 Å². The molecule has 0 spiro atoms. The summed E-state index contributed by atoms with van der Waals surface area (Å²) < 4.78 is 2.70. The number of aromatic hydroxyl groups is 10. The molecule has 0 radical (unpaired) electrons. The predicted octanol–water partition coefficient (Wildman–Crippen LogP) is 15.7. The number of benzene rings is 11. The van der Waals surface area contributed by atoms with E-state index in [0.29, 0.717) is 11.1 Å². The first kappa shape index (κ1) is 54.6. The van der Waals surface area contributed by atoms with Crippen LogP contribution in [-0.2, 0) is 0 Å². The van der Waals surface area contributed by atoms with Gasteiger partial charge in [0.1, 0.15) is 0 Å². The van der Waals surface area contributed by atoms with Gasteiger partial charge in [0.25, 0.3) is 0 Å². The average Bonchev–Trinajstić information content (AvgIpc) is 3.65. The quantitative estimate of drug-likeness (QED) is 0.0240. The zero-order valence-electron chi connectivity index (χ0n) is 45.8. The first-order chi connectivity index (χ1) is 39.1. The van der Waals surface area contributed by atoms with Gasteiger partial charge >= 0.3 is 416 Å². The van der Waals surface area contributed by atoms with E-state index in [1.165, 1.54) is 8.79 Å². The normalized spacial score (nSPS) is 11.8. The summed E-state index contributed by atoms with van der Waals surface area (Å²) in [5.74, 6) is 5.24. The van der Waals surface area contributed by atoms with Gasteiger partial charge in [-0.2, -0.15) is 0 Å². The summed E-state index contributed by atoms with van der Waals surface area (Å²) in [6, 6.07) is 65.1. The monoisotopic (exact) mass is 1210 g/mol. The van der Waals surface area contributed by atoms with Crippen molar-refractivity contribution < 1.29 is 51.1 Å². The van der Waals surface area contributed by atoms with Crippen LogP contribution in [0.15, 0.2) is 194 Å². The Balaban J connectivity index is 0.985. The van der Waals surface area contributed by atoms with Crippen LogP contribution < -0.4 is 18.6 Å². The van der Waals surface area contributed by atoms with E-state index in [1.54, 1.807) is 24.3 Å². The summed E-state index contributed by atoms with van der Waals surface area (Å²) >= 11 is -4.38. The molecule has 0 aromatic heterocycles. The van der Waals surface area contributed by atoms with Gasteiger partial charge in [0, 0.05) is 0 Å². The van der Waals surface area contributed by atoms with E-state index in [1.807, 2.05) is 24.3 Å². The Morgan fingerprint density at radius 3 is 0.610 bits per heavy atom. The molecule has 10 N–H and O–H groups in total. The van der Waals surface area contributed by atoms with Crippen LogP contribution in [0.4, 0.5) is 34.1 Å². The zero-order valence-corrected chi connectivity index (χ0v) is 50.0. The van der Waals surface area contributed by atoms with E-state index < -0.39 is 84.0 Å². The number of hydrogen-bond donors (Lipinski definition) is 10. The van der Waals surface area contributed by atoms with E-state index in [4.69, 9.17) is 0 Å². The van der Waals surface area contributed by atoms with Crippen LogP contribution in [0.3, 0.4) is 0 Å². The van der Waals surface area contributed by atoms with Crippen molar-refractivity contribution in [3.05, 3.63) is 194 Å². The SMILES string of the molecule is [CH3][Ge]([CH3])([CH3])[c]1ccc(N(c2ccc(-c3c(O)c(O)c(O)c(O)c3O)cc2)c2ccc(-c3c4ccccc4c(-c4ccc(N(c5ccc(-c6c(O)c(O)c(O)c(O)c6O)cc5)c5cc[c]([Ge]([CH3])([CH3])[CH3])cc5)cc4)c4ccccc34)cc2)cc1. The van der Waals surface area contributed by atoms with E-state index in [2.05, 4.69) is 190 Å². The van der Waals surface area contributed by atoms with E-state index in [0.717, 1.165) is 77.9 Å². The number of rotatable bonds is 12. The second kappa shape index (κ2) is 20.9. The molecule has 0 saturated carbocycles. The fourth-order valence-electron chi connectivity index (χ4n) is 10.9. The second-order valence-electron chi connectivity index (χ2n) is 22.5. The molecule has 0 aliphatic carbocycles. The maximum absolute atomic E-state index is 10.8. The number of fused-ring (bicyclic) bond motifs is 2. The molecule has 410 valence electrons. The van der Waals surface area contributed by atoms with E-state index >= 15 is 0 Å². The van der Waals surface area contributed by atoms with Crippen LogP contribution in [0, 0.1) is 0 Å². The number of nitrogens with zero attached hydrogens (tertiary/aromatic N) is 2. The molecule has 82 heavy (non-hydrogen) atoms. The average molecular weight is 1210 g/mol. The van der Waals surface area contributed by atoms with Crippen LogP contribution >= 0.6 is 0 Å². The van der Waals surface area contributed by atoms with Crippen molar-refractivity contribution in [1.29, 1.82) is 0 Å². The molecular weight excluding hydrogens is 1150 g/mol. The summed E-state index contributed by atoms with van der Waals surface area (Å²) in [7, 11) is 0. The molecule has 11 aromatic carbocycles. The molecule has 0 aliphatic heterocycles. The molecule has 14 heteroatoms. The molecule has 0 fully saturated rings. The summed E-state index contributed by atoms with van der Waals surface area (Å²) in [5.41, 5.74) is 9.39. The van der Waals surface area contributed by atoms with Crippen LogP contribution in [0.1, 0.15) is 0 Å². The first-order valence-electron chi connectivity index (χ1n) is 26.7. The van der Waals surface area contributed by atoms with Gasteiger partial charge in [-0.3, -0.25) is 0 Å². The maximum atomic E-state index is 10.8. The van der Waals surface area contributed by atoms with Gasteiger partial charge in [0.05, 0.1) is 0 Å². The van der Waals surface area contributed by atoms with Crippen LogP contribution in [0.2, 0.25) is 34.5 Å². The third kappa shape index (κ3) is 9.62. The van der Waals surface area contributed by atoms with Crippen molar-refractivity contribution in [2.24, 2.45) is 0 Å². The Bertz CT molecular complexity index is 3860. The van der Waals surface area contributed by atoms with Gasteiger partial charge in [-0.25, -0.2) is 0 Å². The topological polar surface area (TPSA) is 209 Å². The Morgan fingerprint density at radius 1 is 0.220 bits per heavy atom. The van der Waals surface area contributed by atoms with Crippen LogP contribution in [0.25, 0.3) is 66.1 Å². The molecule has 11 rings (SSSR count). The molecule has 0 unspecified atom stereocenters. The summed E-state index contributed by atoms with van der Waals surface area (Å²) in [4.78, 5) is 4.24. The van der Waals surface area contributed by atoms with Crippen molar-refractivity contribution in [1.82, 2.24) is 0 Å². The van der Waals surface area contributed by atoms with Gasteiger partial charge in [-0.05, 0) is 0 Å². The standard InChI is InChI=1S/C68H60Ge2N2O10/c1-69(2,3)43-23-35-49(36-24-43)71(47-31-19-41(20-32-47)57-59(73)63(77)67(81)64(78)60(57)74)45-27-15-39(16-28-45)55-51-11-7-9-13-53(51)56(54-14-10-8-12-52(54)55)40-17-29-46(30-18-40)72(50-37-25-44(26-38-50)70(4,5)6)48-33-21-42(22-34-48)58-61(75)65(79)68(82)66(80)62(58)76/h7-38,73-82H,1-6H3. The van der Waals surface area contributed by atoms with Crippen molar-refractivity contribution in [3.63, 3.8) is 0 Å². The molecule has 0 saturated heterocycles. The minimum absolute atomic E-state index is 0.226. The van der Waals surface area contributed by atoms with Crippen LogP contribution in [-0.4, -0.2) is 77.6 Å². The molecular formula is C68H60Ge2N2O10. The van der Waals surface area contributed by atoms with Gasteiger partial charge < -0.3 is 30.6 Å². The first-order valence-corrected chi connectivity index (χ1v) is 41.3. The second-order valence-corrected chi connectivity index (χ2v) is 43.8. The van der Waals surface area contributed by atoms with Crippen molar-refractivity contribution in [2.75, 3.05) is 9.80 Å². The summed E-state index contributed by atoms with van der Waals surface area (Å²) in [5, 5.41) is 109. The fourth-order valence-corrected chi connectivity index (χ4v) is 15.8. The Labute approximate surface area is 479 Å². The molecule has 0 heterocycles. The molecule has 0 amide bonds. The van der Waals surface area contributed by atoms with Gasteiger partial charge in [-0.1, -0.05) is 24.3 Å². The zero-order chi connectivity index (χ0) is 58.1. The number of anilines is 6. The molecule has 12 nitrogen and oxygen atoms in total. The summed E-state index contributed by atoms with van der Waals surface area (Å²) in [6.45, 7) is 0. The number of hydrogen-bond acceptors (Lipinski definition) is 12. The third-order valence-corrected chi connectivity index (χ3v) is 24.0. The van der Waals surface area contributed by atoms with Crippen molar-refractivity contribution in [2.45, 2.75) is 34.5 Å². The van der Waals surface area contributed by atoms with E-state index in [9.17, 15) is 51.1 Å². The number of phenols is 10. The Morgan fingerprint density at radius 2 is 0.402 bits per heavy atom. The third-order valence-electron chi connectivity index (χ3n) is 15.3. The van der Waals surface area contributed by atoms with Gasteiger partial charge in [-0.15, -0.1) is 0 Å². The Hall–Kier alpha value is -9.37. The molecule has 0 bridgehead atoms. The fraction of sp³-hybridized carbons (Fsp3) is 0.0882. The van der Waals surface area contributed by atoms with Crippen molar-refractivity contribution in [3.8, 4) is 102 Å². The Kier molecular flexibility index (Phi) is 13.9. The van der Waals surface area contributed by atoms with Gasteiger partial charge in [0.15, 0.2) is 0 Å². The molecule has 0 atom stereocenters. The summed E-state index contributed by atoms with van der Waals surface area (Å²) in [6.07, 6.45) is 0.